The largest absolute Gasteiger partial charge is 0.463 e. The van der Waals surface area contributed by atoms with Crippen LogP contribution in [0.1, 0.15) is 24.3 Å². The summed E-state index contributed by atoms with van der Waals surface area (Å²) in [6.45, 7) is 5.72. The monoisotopic (exact) mass is 290 g/mol. The van der Waals surface area contributed by atoms with Crippen LogP contribution in [-0.2, 0) is 0 Å². The van der Waals surface area contributed by atoms with Crippen LogP contribution >= 0.6 is 0 Å². The Bertz CT molecular complexity index is 585. The zero-order chi connectivity index (χ0) is 15.5. The zero-order valence-corrected chi connectivity index (χ0v) is 12.9. The number of furan rings is 1. The summed E-state index contributed by atoms with van der Waals surface area (Å²) >= 11 is 0. The maximum absolute atomic E-state index is 12.1. The molecule has 114 valence electrons. The fourth-order valence-electron chi connectivity index (χ4n) is 2.32. The molecule has 0 unspecified atom stereocenters. The first kappa shape index (κ1) is 15.3. The standard InChI is InChI=1S/C15H22N4O2/c1-15(2,10-19(3)4)9-16-14(20)12-8-11(17-18-12)13-6-5-7-21-13/h5-8H,9-10H2,1-4H3,(H,16,20)(H,17,18). The average molecular weight is 290 g/mol. The SMILES string of the molecule is CN(C)CC(C)(C)CNC(=O)c1cc(-c2ccco2)[nH]n1. The number of amides is 1. The van der Waals surface area contributed by atoms with Gasteiger partial charge in [-0.3, -0.25) is 9.89 Å². The highest BCUT2D eigenvalue weighted by atomic mass is 16.3. The summed E-state index contributed by atoms with van der Waals surface area (Å²) in [5, 5.41) is 9.76. The van der Waals surface area contributed by atoms with Crippen LogP contribution in [0.25, 0.3) is 11.5 Å². The number of aromatic nitrogens is 2. The van der Waals surface area contributed by atoms with E-state index in [-0.39, 0.29) is 11.3 Å². The molecule has 21 heavy (non-hydrogen) atoms. The summed E-state index contributed by atoms with van der Waals surface area (Å²) in [5.74, 6) is 0.477. The molecule has 2 heterocycles. The first-order valence-corrected chi connectivity index (χ1v) is 6.90. The van der Waals surface area contributed by atoms with E-state index in [0.717, 1.165) is 6.54 Å². The quantitative estimate of drug-likeness (QED) is 0.853. The molecule has 0 saturated carbocycles. The Hall–Kier alpha value is -2.08. The van der Waals surface area contributed by atoms with Gasteiger partial charge in [0.2, 0.25) is 0 Å². The lowest BCUT2D eigenvalue weighted by Crippen LogP contribution is -2.40. The molecule has 6 heteroatoms. The smallest absolute Gasteiger partial charge is 0.271 e. The third-order valence-corrected chi connectivity index (χ3v) is 3.07. The lowest BCUT2D eigenvalue weighted by atomic mass is 9.93. The van der Waals surface area contributed by atoms with Gasteiger partial charge in [0.15, 0.2) is 11.5 Å². The van der Waals surface area contributed by atoms with Gasteiger partial charge in [0.05, 0.1) is 6.26 Å². The van der Waals surface area contributed by atoms with E-state index in [0.29, 0.717) is 23.7 Å². The Morgan fingerprint density at radius 3 is 2.86 bits per heavy atom. The van der Waals surface area contributed by atoms with Crippen LogP contribution in [0, 0.1) is 5.41 Å². The van der Waals surface area contributed by atoms with Crippen molar-refractivity contribution in [3.63, 3.8) is 0 Å². The van der Waals surface area contributed by atoms with Gasteiger partial charge in [0.25, 0.3) is 5.91 Å². The number of nitrogens with zero attached hydrogens (tertiary/aromatic N) is 2. The molecule has 2 aromatic heterocycles. The molecule has 0 aromatic carbocycles. The van der Waals surface area contributed by atoms with Crippen LogP contribution in [0.5, 0.6) is 0 Å². The highest BCUT2D eigenvalue weighted by Gasteiger charge is 2.21. The number of hydrogen-bond acceptors (Lipinski definition) is 4. The van der Waals surface area contributed by atoms with Gasteiger partial charge in [-0.1, -0.05) is 13.8 Å². The molecular weight excluding hydrogens is 268 g/mol. The summed E-state index contributed by atoms with van der Waals surface area (Å²) in [5.41, 5.74) is 1.05. The molecule has 2 rings (SSSR count). The minimum atomic E-state index is -0.184. The van der Waals surface area contributed by atoms with Gasteiger partial charge in [-0.15, -0.1) is 0 Å². The lowest BCUT2D eigenvalue weighted by molar-refractivity contribution is 0.0924. The van der Waals surface area contributed by atoms with E-state index >= 15 is 0 Å². The predicted octanol–water partition coefficient (Wildman–Crippen LogP) is 1.99. The van der Waals surface area contributed by atoms with Crippen LogP contribution in [0.15, 0.2) is 28.9 Å². The topological polar surface area (TPSA) is 74.2 Å². The molecule has 0 aliphatic heterocycles. The van der Waals surface area contributed by atoms with Crippen molar-refractivity contribution in [2.24, 2.45) is 5.41 Å². The molecule has 2 aromatic rings. The molecule has 0 saturated heterocycles. The second-order valence-electron chi connectivity index (χ2n) is 6.23. The first-order valence-electron chi connectivity index (χ1n) is 6.90. The first-order chi connectivity index (χ1) is 9.87. The van der Waals surface area contributed by atoms with E-state index in [4.69, 9.17) is 4.42 Å². The van der Waals surface area contributed by atoms with Crippen molar-refractivity contribution >= 4 is 5.91 Å². The third-order valence-electron chi connectivity index (χ3n) is 3.07. The molecule has 0 atom stereocenters. The van der Waals surface area contributed by atoms with E-state index in [1.54, 1.807) is 18.4 Å². The van der Waals surface area contributed by atoms with Crippen molar-refractivity contribution in [1.29, 1.82) is 0 Å². The molecule has 1 amide bonds. The van der Waals surface area contributed by atoms with E-state index in [1.807, 2.05) is 20.2 Å². The molecule has 0 bridgehead atoms. The Kier molecular flexibility index (Phi) is 4.47. The number of rotatable bonds is 6. The second-order valence-corrected chi connectivity index (χ2v) is 6.23. The lowest BCUT2D eigenvalue weighted by Gasteiger charge is -2.28. The summed E-state index contributed by atoms with van der Waals surface area (Å²) < 4.78 is 5.26. The average Bonchev–Trinajstić information content (AvgIpc) is 3.04. The Labute approximate surface area is 124 Å². The Morgan fingerprint density at radius 2 is 2.24 bits per heavy atom. The molecule has 0 fully saturated rings. The van der Waals surface area contributed by atoms with Crippen LogP contribution in [0.2, 0.25) is 0 Å². The highest BCUT2D eigenvalue weighted by Crippen LogP contribution is 2.18. The van der Waals surface area contributed by atoms with Crippen molar-refractivity contribution < 1.29 is 9.21 Å². The zero-order valence-electron chi connectivity index (χ0n) is 12.9. The van der Waals surface area contributed by atoms with Gasteiger partial charge in [0.1, 0.15) is 5.69 Å². The van der Waals surface area contributed by atoms with Crippen molar-refractivity contribution in [1.82, 2.24) is 20.4 Å². The van der Waals surface area contributed by atoms with Gasteiger partial charge < -0.3 is 14.6 Å². The summed E-state index contributed by atoms with van der Waals surface area (Å²) in [7, 11) is 4.04. The second kappa shape index (κ2) is 6.13. The summed E-state index contributed by atoms with van der Waals surface area (Å²) in [6, 6.07) is 5.29. The van der Waals surface area contributed by atoms with Crippen LogP contribution in [-0.4, -0.2) is 48.2 Å². The van der Waals surface area contributed by atoms with E-state index in [9.17, 15) is 4.79 Å². The predicted molar refractivity (Wildman–Crippen MR) is 81.0 cm³/mol. The van der Waals surface area contributed by atoms with Crippen LogP contribution in [0.3, 0.4) is 0 Å². The highest BCUT2D eigenvalue weighted by molar-refractivity contribution is 5.93. The van der Waals surface area contributed by atoms with Gasteiger partial charge in [-0.25, -0.2) is 0 Å². The van der Waals surface area contributed by atoms with Gasteiger partial charge >= 0.3 is 0 Å². The van der Waals surface area contributed by atoms with Crippen molar-refractivity contribution in [3.05, 3.63) is 30.2 Å². The van der Waals surface area contributed by atoms with E-state index in [2.05, 4.69) is 34.3 Å². The number of H-pyrrole nitrogens is 1. The number of carbonyl (C=O) groups excluding carboxylic acids is 1. The maximum Gasteiger partial charge on any atom is 0.271 e. The molecule has 0 aliphatic carbocycles. The van der Waals surface area contributed by atoms with E-state index < -0.39 is 0 Å². The third kappa shape index (κ3) is 4.19. The van der Waals surface area contributed by atoms with Gasteiger partial charge in [-0.05, 0) is 31.6 Å². The van der Waals surface area contributed by atoms with Gasteiger partial charge in [0, 0.05) is 19.2 Å². The molecular formula is C15H22N4O2. The number of nitrogens with one attached hydrogen (secondary N) is 2. The summed E-state index contributed by atoms with van der Waals surface area (Å²) in [4.78, 5) is 14.2. The number of aromatic amines is 1. The van der Waals surface area contributed by atoms with Crippen LogP contribution < -0.4 is 5.32 Å². The molecule has 6 nitrogen and oxygen atoms in total. The fraction of sp³-hybridized carbons (Fsp3) is 0.467. The Balaban J connectivity index is 1.95. The summed E-state index contributed by atoms with van der Waals surface area (Å²) in [6.07, 6.45) is 1.58. The number of hydrogen-bond donors (Lipinski definition) is 2. The molecule has 0 aliphatic rings. The van der Waals surface area contributed by atoms with Crippen molar-refractivity contribution in [2.45, 2.75) is 13.8 Å². The number of carbonyl (C=O) groups is 1. The normalized spacial score (nSPS) is 11.9. The molecule has 0 spiro atoms. The molecule has 0 radical (unpaired) electrons. The minimum absolute atomic E-state index is 0.000686. The van der Waals surface area contributed by atoms with Crippen LogP contribution in [0.4, 0.5) is 0 Å². The minimum Gasteiger partial charge on any atom is -0.463 e. The Morgan fingerprint density at radius 1 is 1.48 bits per heavy atom. The fourth-order valence-corrected chi connectivity index (χ4v) is 2.32. The molecule has 2 N–H and O–H groups in total. The maximum atomic E-state index is 12.1. The van der Waals surface area contributed by atoms with Crippen molar-refractivity contribution in [3.8, 4) is 11.5 Å². The van der Waals surface area contributed by atoms with Gasteiger partial charge in [-0.2, -0.15) is 5.10 Å². The van der Waals surface area contributed by atoms with E-state index in [1.165, 1.54) is 0 Å². The van der Waals surface area contributed by atoms with Crippen molar-refractivity contribution in [2.75, 3.05) is 27.2 Å².